The second kappa shape index (κ2) is 14.8. The lowest BCUT2D eigenvalue weighted by molar-refractivity contribution is 0.0939. The molecule has 216 valence electrons. The Morgan fingerprint density at radius 1 is 0.452 bits per heavy atom. The standard InChI is InChI=1S/C36H39N3O3/c1-25(19-28-13-7-4-8-14-28)37-34(40)31-22-32(35(41)38-26(2)20-29-15-9-5-10-16-29)24-33(23-31)36(42)39-27(3)21-30-17-11-6-12-18-30/h4-18,22-27H,19-21H2,1-3H3,(H,37,40)(H,38,41)(H,39,42)/t25-,26-,27-/m0/s1. The third-order valence-corrected chi connectivity index (χ3v) is 7.01. The lowest BCUT2D eigenvalue weighted by atomic mass is 10.0. The van der Waals surface area contributed by atoms with E-state index in [1.54, 1.807) is 18.2 Å². The number of carbonyl (C=O) groups is 3. The summed E-state index contributed by atoms with van der Waals surface area (Å²) >= 11 is 0. The van der Waals surface area contributed by atoms with Gasteiger partial charge in [0.15, 0.2) is 0 Å². The highest BCUT2D eigenvalue weighted by Gasteiger charge is 2.20. The van der Waals surface area contributed by atoms with E-state index in [4.69, 9.17) is 0 Å². The Morgan fingerprint density at radius 3 is 0.929 bits per heavy atom. The Morgan fingerprint density at radius 2 is 0.690 bits per heavy atom. The summed E-state index contributed by atoms with van der Waals surface area (Å²) in [7, 11) is 0. The van der Waals surface area contributed by atoms with Crippen molar-refractivity contribution in [1.82, 2.24) is 16.0 Å². The van der Waals surface area contributed by atoms with Crippen LogP contribution in [0.5, 0.6) is 0 Å². The molecule has 0 radical (unpaired) electrons. The van der Waals surface area contributed by atoms with Crippen molar-refractivity contribution < 1.29 is 14.4 Å². The molecule has 0 aliphatic heterocycles. The molecule has 4 aromatic carbocycles. The first-order valence-electron chi connectivity index (χ1n) is 14.5. The molecule has 0 bridgehead atoms. The normalized spacial score (nSPS) is 12.9. The van der Waals surface area contributed by atoms with Crippen molar-refractivity contribution in [3.8, 4) is 0 Å². The molecule has 0 heterocycles. The van der Waals surface area contributed by atoms with Crippen LogP contribution in [0.25, 0.3) is 0 Å². The second-order valence-corrected chi connectivity index (χ2v) is 11.0. The minimum absolute atomic E-state index is 0.147. The number of nitrogens with one attached hydrogen (secondary N) is 3. The smallest absolute Gasteiger partial charge is 0.251 e. The van der Waals surface area contributed by atoms with E-state index in [1.165, 1.54) is 0 Å². The molecular formula is C36H39N3O3. The maximum absolute atomic E-state index is 13.3. The van der Waals surface area contributed by atoms with Gasteiger partial charge in [0, 0.05) is 34.8 Å². The molecule has 42 heavy (non-hydrogen) atoms. The quantitative estimate of drug-likeness (QED) is 0.205. The summed E-state index contributed by atoms with van der Waals surface area (Å²) in [4.78, 5) is 40.0. The molecule has 0 saturated heterocycles. The van der Waals surface area contributed by atoms with Crippen molar-refractivity contribution in [3.05, 3.63) is 143 Å². The summed E-state index contributed by atoms with van der Waals surface area (Å²) in [5.74, 6) is -1.01. The molecule has 6 nitrogen and oxygen atoms in total. The number of carbonyl (C=O) groups excluding carboxylic acids is 3. The maximum Gasteiger partial charge on any atom is 0.251 e. The molecule has 4 aromatic rings. The highest BCUT2D eigenvalue weighted by molar-refractivity contribution is 6.04. The minimum Gasteiger partial charge on any atom is -0.349 e. The summed E-state index contributed by atoms with van der Waals surface area (Å²) in [6.07, 6.45) is 1.98. The Balaban J connectivity index is 1.52. The summed E-state index contributed by atoms with van der Waals surface area (Å²) in [5, 5.41) is 9.06. The van der Waals surface area contributed by atoms with Crippen molar-refractivity contribution in [2.75, 3.05) is 0 Å². The molecule has 0 unspecified atom stereocenters. The highest BCUT2D eigenvalue weighted by atomic mass is 16.2. The largest absolute Gasteiger partial charge is 0.349 e. The molecule has 3 N–H and O–H groups in total. The van der Waals surface area contributed by atoms with Gasteiger partial charge in [-0.05, 0) is 74.9 Å². The molecule has 0 spiro atoms. The van der Waals surface area contributed by atoms with Crippen molar-refractivity contribution in [2.24, 2.45) is 0 Å². The molecule has 0 aliphatic carbocycles. The van der Waals surface area contributed by atoms with E-state index in [0.29, 0.717) is 19.3 Å². The van der Waals surface area contributed by atoms with Gasteiger partial charge in [-0.2, -0.15) is 0 Å². The van der Waals surface area contributed by atoms with Crippen LogP contribution in [0.15, 0.2) is 109 Å². The van der Waals surface area contributed by atoms with Gasteiger partial charge in [0.05, 0.1) is 0 Å². The van der Waals surface area contributed by atoms with Gasteiger partial charge in [-0.1, -0.05) is 91.0 Å². The van der Waals surface area contributed by atoms with Crippen LogP contribution in [0, 0.1) is 0 Å². The molecule has 0 aliphatic rings. The molecular weight excluding hydrogens is 522 g/mol. The van der Waals surface area contributed by atoms with Crippen LogP contribution in [0.4, 0.5) is 0 Å². The molecule has 3 atom stereocenters. The fraction of sp³-hybridized carbons (Fsp3) is 0.250. The van der Waals surface area contributed by atoms with Crippen molar-refractivity contribution >= 4 is 17.7 Å². The first-order valence-corrected chi connectivity index (χ1v) is 14.5. The molecule has 0 fully saturated rings. The molecule has 4 rings (SSSR count). The van der Waals surface area contributed by atoms with E-state index in [-0.39, 0.29) is 52.5 Å². The molecule has 3 amide bonds. The van der Waals surface area contributed by atoms with Crippen LogP contribution < -0.4 is 16.0 Å². The fourth-order valence-corrected chi connectivity index (χ4v) is 5.00. The van der Waals surface area contributed by atoms with Gasteiger partial charge in [0.2, 0.25) is 0 Å². The number of hydrogen-bond donors (Lipinski definition) is 3. The number of rotatable bonds is 12. The average Bonchev–Trinajstić information content (AvgIpc) is 2.98. The van der Waals surface area contributed by atoms with Crippen LogP contribution in [0.3, 0.4) is 0 Å². The van der Waals surface area contributed by atoms with Crippen LogP contribution in [0.2, 0.25) is 0 Å². The SMILES string of the molecule is C[C@@H](Cc1ccccc1)NC(=O)c1cc(C(=O)N[C@@H](C)Cc2ccccc2)cc(C(=O)N[C@@H](C)Cc2ccccc2)c1. The number of hydrogen-bond acceptors (Lipinski definition) is 3. The summed E-state index contributed by atoms with van der Waals surface area (Å²) in [6, 6.07) is 34.0. The summed E-state index contributed by atoms with van der Waals surface area (Å²) in [5.41, 5.74) is 4.12. The van der Waals surface area contributed by atoms with Gasteiger partial charge < -0.3 is 16.0 Å². The van der Waals surface area contributed by atoms with Gasteiger partial charge in [-0.3, -0.25) is 14.4 Å². The van der Waals surface area contributed by atoms with E-state index >= 15 is 0 Å². The summed E-state index contributed by atoms with van der Waals surface area (Å²) < 4.78 is 0. The predicted molar refractivity (Wildman–Crippen MR) is 168 cm³/mol. The topological polar surface area (TPSA) is 87.3 Å². The van der Waals surface area contributed by atoms with Crippen LogP contribution in [-0.4, -0.2) is 35.8 Å². The Labute approximate surface area is 248 Å². The fourth-order valence-electron chi connectivity index (χ4n) is 5.00. The third kappa shape index (κ3) is 9.16. The number of amides is 3. The monoisotopic (exact) mass is 561 g/mol. The van der Waals surface area contributed by atoms with Crippen molar-refractivity contribution in [3.63, 3.8) is 0 Å². The second-order valence-electron chi connectivity index (χ2n) is 11.0. The van der Waals surface area contributed by atoms with E-state index in [2.05, 4.69) is 16.0 Å². The van der Waals surface area contributed by atoms with Crippen LogP contribution >= 0.6 is 0 Å². The van der Waals surface area contributed by atoms with Gasteiger partial charge in [0.25, 0.3) is 17.7 Å². The predicted octanol–water partition coefficient (Wildman–Crippen LogP) is 5.77. The average molecular weight is 562 g/mol. The van der Waals surface area contributed by atoms with Gasteiger partial charge >= 0.3 is 0 Å². The van der Waals surface area contributed by atoms with E-state index in [1.807, 2.05) is 112 Å². The molecule has 0 aromatic heterocycles. The van der Waals surface area contributed by atoms with E-state index < -0.39 is 0 Å². The zero-order valence-corrected chi connectivity index (χ0v) is 24.5. The zero-order chi connectivity index (χ0) is 29.9. The third-order valence-electron chi connectivity index (χ3n) is 7.01. The maximum atomic E-state index is 13.3. The van der Waals surface area contributed by atoms with Crippen molar-refractivity contribution in [1.29, 1.82) is 0 Å². The zero-order valence-electron chi connectivity index (χ0n) is 24.5. The first-order chi connectivity index (χ1) is 20.3. The first kappa shape index (κ1) is 30.3. The van der Waals surface area contributed by atoms with Crippen molar-refractivity contribution in [2.45, 2.75) is 58.2 Å². The van der Waals surface area contributed by atoms with Gasteiger partial charge in [0.1, 0.15) is 0 Å². The lowest BCUT2D eigenvalue weighted by Gasteiger charge is -2.18. The van der Waals surface area contributed by atoms with E-state index in [0.717, 1.165) is 16.7 Å². The van der Waals surface area contributed by atoms with Crippen LogP contribution in [-0.2, 0) is 19.3 Å². The Bertz CT molecular complexity index is 1280. The summed E-state index contributed by atoms with van der Waals surface area (Å²) in [6.45, 7) is 5.81. The molecule has 6 heteroatoms. The Hall–Kier alpha value is -4.71. The number of benzene rings is 4. The van der Waals surface area contributed by atoms with Gasteiger partial charge in [-0.15, -0.1) is 0 Å². The molecule has 0 saturated carbocycles. The highest BCUT2D eigenvalue weighted by Crippen LogP contribution is 2.14. The Kier molecular flexibility index (Phi) is 10.6. The van der Waals surface area contributed by atoms with Gasteiger partial charge in [-0.25, -0.2) is 0 Å². The minimum atomic E-state index is -0.336. The van der Waals surface area contributed by atoms with Crippen LogP contribution in [0.1, 0.15) is 68.5 Å². The lowest BCUT2D eigenvalue weighted by Crippen LogP contribution is -2.37. The van der Waals surface area contributed by atoms with E-state index in [9.17, 15) is 14.4 Å².